The molecular formula is C18H19N7O2. The van der Waals surface area contributed by atoms with Gasteiger partial charge in [-0.25, -0.2) is 4.98 Å². The number of rotatable bonds is 5. The standard InChI is InChI=1S/C18H19N7O2/c19-15-5-4-13(11-21-15)16-22-17(25-7-9-26-10-8-25)24-18(23-16)27-12-14-3-1-2-6-20-14/h1-6,11H,7-10,12H2,(H2,19,21). The van der Waals surface area contributed by atoms with E-state index in [0.29, 0.717) is 43.9 Å². The van der Waals surface area contributed by atoms with Crippen molar-refractivity contribution < 1.29 is 9.47 Å². The van der Waals surface area contributed by atoms with Gasteiger partial charge in [0.15, 0.2) is 5.82 Å². The number of ether oxygens (including phenoxy) is 2. The molecule has 1 aliphatic rings. The summed E-state index contributed by atoms with van der Waals surface area (Å²) in [5.74, 6) is 1.47. The fourth-order valence-corrected chi connectivity index (χ4v) is 2.60. The van der Waals surface area contributed by atoms with Crippen molar-refractivity contribution in [3.05, 3.63) is 48.4 Å². The van der Waals surface area contributed by atoms with Gasteiger partial charge in [-0.1, -0.05) is 6.07 Å². The SMILES string of the molecule is Nc1ccc(-c2nc(OCc3ccccn3)nc(N3CCOCC3)n2)cn1. The molecule has 3 aromatic rings. The van der Waals surface area contributed by atoms with Crippen LogP contribution in [0.5, 0.6) is 6.01 Å². The van der Waals surface area contributed by atoms with Gasteiger partial charge < -0.3 is 20.1 Å². The maximum Gasteiger partial charge on any atom is 0.322 e. The van der Waals surface area contributed by atoms with Crippen LogP contribution < -0.4 is 15.4 Å². The third-order valence-electron chi connectivity index (χ3n) is 4.02. The summed E-state index contributed by atoms with van der Waals surface area (Å²) in [4.78, 5) is 23.9. The number of pyridine rings is 2. The molecule has 1 aliphatic heterocycles. The first-order valence-corrected chi connectivity index (χ1v) is 8.61. The van der Waals surface area contributed by atoms with E-state index in [1.54, 1.807) is 18.5 Å². The second-order valence-electron chi connectivity index (χ2n) is 5.92. The summed E-state index contributed by atoms with van der Waals surface area (Å²) in [6, 6.07) is 9.42. The van der Waals surface area contributed by atoms with Gasteiger partial charge in [0, 0.05) is 31.0 Å². The first-order valence-electron chi connectivity index (χ1n) is 8.61. The number of aromatic nitrogens is 5. The lowest BCUT2D eigenvalue weighted by Gasteiger charge is -2.27. The van der Waals surface area contributed by atoms with Crippen LogP contribution in [0.3, 0.4) is 0 Å². The number of morpholine rings is 1. The molecule has 0 unspecified atom stereocenters. The molecule has 3 aromatic heterocycles. The minimum absolute atomic E-state index is 0.240. The lowest BCUT2D eigenvalue weighted by atomic mass is 10.2. The number of hydrogen-bond acceptors (Lipinski definition) is 9. The van der Waals surface area contributed by atoms with E-state index in [1.165, 1.54) is 0 Å². The van der Waals surface area contributed by atoms with Crippen LogP contribution in [0, 0.1) is 0 Å². The van der Waals surface area contributed by atoms with Crippen molar-refractivity contribution in [2.75, 3.05) is 36.9 Å². The van der Waals surface area contributed by atoms with Crippen molar-refractivity contribution in [2.24, 2.45) is 0 Å². The van der Waals surface area contributed by atoms with E-state index in [4.69, 9.17) is 15.2 Å². The van der Waals surface area contributed by atoms with Gasteiger partial charge in [-0.15, -0.1) is 0 Å². The predicted octanol–water partition coefficient (Wildman–Crippen LogP) is 1.33. The number of nitrogens with two attached hydrogens (primary N) is 1. The van der Waals surface area contributed by atoms with Crippen LogP contribution in [0.15, 0.2) is 42.7 Å². The highest BCUT2D eigenvalue weighted by atomic mass is 16.5. The van der Waals surface area contributed by atoms with Gasteiger partial charge >= 0.3 is 6.01 Å². The van der Waals surface area contributed by atoms with Gasteiger partial charge in [-0.05, 0) is 24.3 Å². The average Bonchev–Trinajstić information content (AvgIpc) is 2.74. The largest absolute Gasteiger partial charge is 0.457 e. The minimum atomic E-state index is 0.240. The van der Waals surface area contributed by atoms with Crippen molar-refractivity contribution in [3.8, 4) is 17.4 Å². The van der Waals surface area contributed by atoms with Crippen molar-refractivity contribution in [2.45, 2.75) is 6.61 Å². The Labute approximate surface area is 156 Å². The summed E-state index contributed by atoms with van der Waals surface area (Å²) in [5.41, 5.74) is 7.21. The molecule has 4 heterocycles. The van der Waals surface area contributed by atoms with E-state index in [9.17, 15) is 0 Å². The fourth-order valence-electron chi connectivity index (χ4n) is 2.60. The van der Waals surface area contributed by atoms with Crippen molar-refractivity contribution >= 4 is 11.8 Å². The normalized spacial score (nSPS) is 14.1. The number of nitrogen functional groups attached to an aromatic ring is 1. The average molecular weight is 365 g/mol. The lowest BCUT2D eigenvalue weighted by Crippen LogP contribution is -2.37. The van der Waals surface area contributed by atoms with Crippen LogP contribution in [-0.4, -0.2) is 51.2 Å². The number of anilines is 2. The van der Waals surface area contributed by atoms with E-state index in [2.05, 4.69) is 24.9 Å². The Morgan fingerprint density at radius 2 is 1.93 bits per heavy atom. The summed E-state index contributed by atoms with van der Waals surface area (Å²) < 4.78 is 11.2. The summed E-state index contributed by atoms with van der Waals surface area (Å²) in [5, 5.41) is 0. The lowest BCUT2D eigenvalue weighted by molar-refractivity contribution is 0.122. The van der Waals surface area contributed by atoms with Crippen LogP contribution in [-0.2, 0) is 11.3 Å². The van der Waals surface area contributed by atoms with Gasteiger partial charge in [0.2, 0.25) is 5.95 Å². The highest BCUT2D eigenvalue weighted by Crippen LogP contribution is 2.21. The third kappa shape index (κ3) is 4.26. The molecule has 2 N–H and O–H groups in total. The first kappa shape index (κ1) is 17.1. The molecule has 27 heavy (non-hydrogen) atoms. The zero-order valence-electron chi connectivity index (χ0n) is 14.7. The summed E-state index contributed by atoms with van der Waals surface area (Å²) in [7, 11) is 0. The molecule has 0 amide bonds. The van der Waals surface area contributed by atoms with Crippen LogP contribution in [0.25, 0.3) is 11.4 Å². The molecule has 9 heteroatoms. The monoisotopic (exact) mass is 365 g/mol. The van der Waals surface area contributed by atoms with E-state index in [1.807, 2.05) is 29.2 Å². The Morgan fingerprint density at radius 1 is 1.04 bits per heavy atom. The van der Waals surface area contributed by atoms with Gasteiger partial charge in [-0.2, -0.15) is 15.0 Å². The van der Waals surface area contributed by atoms with E-state index >= 15 is 0 Å². The Balaban J connectivity index is 1.64. The van der Waals surface area contributed by atoms with Crippen LogP contribution in [0.2, 0.25) is 0 Å². The Hall–Kier alpha value is -3.33. The topological polar surface area (TPSA) is 112 Å². The van der Waals surface area contributed by atoms with E-state index in [0.717, 1.165) is 11.3 Å². The smallest absolute Gasteiger partial charge is 0.322 e. The molecule has 4 rings (SSSR count). The summed E-state index contributed by atoms with van der Waals surface area (Å²) in [6.07, 6.45) is 3.35. The van der Waals surface area contributed by atoms with E-state index < -0.39 is 0 Å². The van der Waals surface area contributed by atoms with Crippen molar-refractivity contribution in [3.63, 3.8) is 0 Å². The third-order valence-corrected chi connectivity index (χ3v) is 4.02. The predicted molar refractivity (Wildman–Crippen MR) is 99.1 cm³/mol. The molecule has 0 saturated carbocycles. The Bertz CT molecular complexity index is 884. The molecule has 0 spiro atoms. The molecule has 0 atom stereocenters. The highest BCUT2D eigenvalue weighted by Gasteiger charge is 2.18. The number of nitrogens with zero attached hydrogens (tertiary/aromatic N) is 6. The fraction of sp³-hybridized carbons (Fsp3) is 0.278. The van der Waals surface area contributed by atoms with Crippen LogP contribution in [0.1, 0.15) is 5.69 Å². The zero-order chi connectivity index (χ0) is 18.5. The molecule has 1 saturated heterocycles. The maximum absolute atomic E-state index is 5.78. The minimum Gasteiger partial charge on any atom is -0.457 e. The molecule has 0 aromatic carbocycles. The summed E-state index contributed by atoms with van der Waals surface area (Å²) in [6.45, 7) is 2.96. The number of hydrogen-bond donors (Lipinski definition) is 1. The molecule has 0 radical (unpaired) electrons. The van der Waals surface area contributed by atoms with E-state index in [-0.39, 0.29) is 12.6 Å². The molecule has 9 nitrogen and oxygen atoms in total. The van der Waals surface area contributed by atoms with Crippen LogP contribution >= 0.6 is 0 Å². The van der Waals surface area contributed by atoms with Crippen molar-refractivity contribution in [1.82, 2.24) is 24.9 Å². The molecule has 138 valence electrons. The second kappa shape index (κ2) is 7.92. The van der Waals surface area contributed by atoms with Gasteiger partial charge in [-0.3, -0.25) is 4.98 Å². The van der Waals surface area contributed by atoms with Crippen LogP contribution in [0.4, 0.5) is 11.8 Å². The molecule has 0 aliphatic carbocycles. The van der Waals surface area contributed by atoms with Gasteiger partial charge in [0.25, 0.3) is 0 Å². The quantitative estimate of drug-likeness (QED) is 0.715. The first-order chi connectivity index (χ1) is 13.3. The summed E-state index contributed by atoms with van der Waals surface area (Å²) >= 11 is 0. The van der Waals surface area contributed by atoms with Crippen molar-refractivity contribution in [1.29, 1.82) is 0 Å². The molecule has 1 fully saturated rings. The molecule has 0 bridgehead atoms. The molecular weight excluding hydrogens is 346 g/mol. The maximum atomic E-state index is 5.78. The highest BCUT2D eigenvalue weighted by molar-refractivity contribution is 5.57. The van der Waals surface area contributed by atoms with Gasteiger partial charge in [0.1, 0.15) is 12.4 Å². The van der Waals surface area contributed by atoms with Gasteiger partial charge in [0.05, 0.1) is 18.9 Å². The second-order valence-corrected chi connectivity index (χ2v) is 5.92. The Morgan fingerprint density at radius 3 is 2.67 bits per heavy atom. The Kier molecular flexibility index (Phi) is 5.01. The zero-order valence-corrected chi connectivity index (χ0v) is 14.7.